The van der Waals surface area contributed by atoms with E-state index in [1.165, 1.54) is 5.01 Å². The van der Waals surface area contributed by atoms with Gasteiger partial charge in [0, 0.05) is 26.2 Å². The van der Waals surface area contributed by atoms with Gasteiger partial charge >= 0.3 is 0 Å². The number of hydrogen-bond acceptors (Lipinski definition) is 7. The fourth-order valence-corrected chi connectivity index (χ4v) is 4.42. The van der Waals surface area contributed by atoms with Crippen LogP contribution in [0.2, 0.25) is 0 Å². The van der Waals surface area contributed by atoms with E-state index in [-0.39, 0.29) is 30.2 Å². The molecule has 1 saturated heterocycles. The molecule has 2 aliphatic rings. The van der Waals surface area contributed by atoms with Crippen LogP contribution in [-0.2, 0) is 9.59 Å². The Bertz CT molecular complexity index is 1050. The summed E-state index contributed by atoms with van der Waals surface area (Å²) >= 11 is 0.915. The summed E-state index contributed by atoms with van der Waals surface area (Å²) in [5, 5.41) is 5.63. The Morgan fingerprint density at radius 3 is 2.38 bits per heavy atom. The molecule has 2 heterocycles. The standard InChI is InChI=1S/C23H24N4O4S/c1-25(2)17-8-4-16(5-9-17)20-12-19(15-6-10-18(31-3)11-7-15)24-27(20)21(28)13-26-22(29)14-32-23(26)30/h4-11,20H,12-14H2,1-3H3. The minimum Gasteiger partial charge on any atom is -0.497 e. The van der Waals surface area contributed by atoms with Gasteiger partial charge in [0.2, 0.25) is 5.91 Å². The highest BCUT2D eigenvalue weighted by molar-refractivity contribution is 8.14. The van der Waals surface area contributed by atoms with E-state index in [2.05, 4.69) is 5.10 Å². The van der Waals surface area contributed by atoms with Crippen LogP contribution < -0.4 is 9.64 Å². The Labute approximate surface area is 190 Å². The number of carbonyl (C=O) groups excluding carboxylic acids is 3. The molecule has 2 aromatic rings. The van der Waals surface area contributed by atoms with Crippen LogP contribution in [0, 0.1) is 0 Å². The first kappa shape index (κ1) is 21.9. The summed E-state index contributed by atoms with van der Waals surface area (Å²) in [6.07, 6.45) is 0.524. The summed E-state index contributed by atoms with van der Waals surface area (Å²) < 4.78 is 5.23. The van der Waals surface area contributed by atoms with E-state index in [9.17, 15) is 14.4 Å². The fraction of sp³-hybridized carbons (Fsp3) is 0.304. The monoisotopic (exact) mass is 452 g/mol. The first-order valence-electron chi connectivity index (χ1n) is 10.2. The van der Waals surface area contributed by atoms with E-state index in [0.717, 1.165) is 44.9 Å². The lowest BCUT2D eigenvalue weighted by Gasteiger charge is -2.24. The maximum Gasteiger partial charge on any atom is 0.289 e. The molecule has 1 fully saturated rings. The maximum absolute atomic E-state index is 13.2. The summed E-state index contributed by atoms with van der Waals surface area (Å²) in [4.78, 5) is 40.1. The predicted molar refractivity (Wildman–Crippen MR) is 124 cm³/mol. The molecule has 0 saturated carbocycles. The van der Waals surface area contributed by atoms with Crippen molar-refractivity contribution in [3.05, 3.63) is 59.7 Å². The highest BCUT2D eigenvalue weighted by Crippen LogP contribution is 2.34. The summed E-state index contributed by atoms with van der Waals surface area (Å²) in [5.41, 5.74) is 3.63. The van der Waals surface area contributed by atoms with Crippen LogP contribution in [0.4, 0.5) is 10.5 Å². The van der Waals surface area contributed by atoms with Crippen LogP contribution in [-0.4, -0.2) is 66.2 Å². The molecule has 0 bridgehead atoms. The van der Waals surface area contributed by atoms with Gasteiger partial charge in [-0.05, 0) is 47.5 Å². The SMILES string of the molecule is COc1ccc(C2=NN(C(=O)CN3C(=O)CSC3=O)C(c3ccc(N(C)C)cc3)C2)cc1. The van der Waals surface area contributed by atoms with Gasteiger partial charge in [-0.3, -0.25) is 19.3 Å². The van der Waals surface area contributed by atoms with Crippen molar-refractivity contribution < 1.29 is 19.1 Å². The van der Waals surface area contributed by atoms with Crippen molar-refractivity contribution in [1.29, 1.82) is 0 Å². The zero-order valence-corrected chi connectivity index (χ0v) is 19.0. The second-order valence-corrected chi connectivity index (χ2v) is 8.68. The van der Waals surface area contributed by atoms with Crippen LogP contribution in [0.1, 0.15) is 23.6 Å². The number of nitrogens with zero attached hydrogens (tertiary/aromatic N) is 4. The molecule has 2 aliphatic heterocycles. The Morgan fingerprint density at radius 2 is 1.81 bits per heavy atom. The van der Waals surface area contributed by atoms with Gasteiger partial charge in [-0.1, -0.05) is 23.9 Å². The predicted octanol–water partition coefficient (Wildman–Crippen LogP) is 3.13. The topological polar surface area (TPSA) is 82.5 Å². The molecular formula is C23H24N4O4S. The van der Waals surface area contributed by atoms with E-state index in [0.29, 0.717) is 6.42 Å². The molecule has 8 nitrogen and oxygen atoms in total. The Kier molecular flexibility index (Phi) is 6.18. The smallest absolute Gasteiger partial charge is 0.289 e. The minimum absolute atomic E-state index is 0.0713. The first-order valence-corrected chi connectivity index (χ1v) is 11.1. The summed E-state index contributed by atoms with van der Waals surface area (Å²) in [5.74, 6) is 0.0693. The third-order valence-corrected chi connectivity index (χ3v) is 6.38. The number of hydrazone groups is 1. The number of amides is 3. The zero-order chi connectivity index (χ0) is 22.8. The van der Waals surface area contributed by atoms with Gasteiger partial charge in [0.05, 0.1) is 24.6 Å². The van der Waals surface area contributed by atoms with E-state index >= 15 is 0 Å². The van der Waals surface area contributed by atoms with Gasteiger partial charge in [0.15, 0.2) is 0 Å². The molecule has 0 N–H and O–H groups in total. The Morgan fingerprint density at radius 1 is 1.12 bits per heavy atom. The van der Waals surface area contributed by atoms with Crippen molar-refractivity contribution >= 4 is 40.2 Å². The Balaban J connectivity index is 1.63. The second kappa shape index (κ2) is 9.04. The lowest BCUT2D eigenvalue weighted by atomic mass is 9.98. The molecule has 0 aliphatic carbocycles. The van der Waals surface area contributed by atoms with Gasteiger partial charge in [-0.25, -0.2) is 5.01 Å². The van der Waals surface area contributed by atoms with E-state index in [4.69, 9.17) is 4.74 Å². The molecule has 166 valence electrons. The molecule has 9 heteroatoms. The van der Waals surface area contributed by atoms with Crippen molar-refractivity contribution in [2.45, 2.75) is 12.5 Å². The van der Waals surface area contributed by atoms with Crippen molar-refractivity contribution in [2.24, 2.45) is 5.10 Å². The lowest BCUT2D eigenvalue weighted by molar-refractivity contribution is -0.137. The molecule has 3 amide bonds. The number of ether oxygens (including phenoxy) is 1. The van der Waals surface area contributed by atoms with Gasteiger partial charge in [-0.15, -0.1) is 0 Å². The quantitative estimate of drug-likeness (QED) is 0.670. The third kappa shape index (κ3) is 4.34. The molecule has 0 radical (unpaired) electrons. The molecular weight excluding hydrogens is 428 g/mol. The molecule has 1 atom stereocenters. The third-order valence-electron chi connectivity index (χ3n) is 5.52. The Hall–Kier alpha value is -3.33. The number of carbonyl (C=O) groups is 3. The van der Waals surface area contributed by atoms with Crippen LogP contribution in [0.5, 0.6) is 5.75 Å². The average Bonchev–Trinajstić information content (AvgIpc) is 3.38. The van der Waals surface area contributed by atoms with Crippen molar-refractivity contribution in [2.75, 3.05) is 38.4 Å². The van der Waals surface area contributed by atoms with Gasteiger partial charge in [0.25, 0.3) is 11.1 Å². The molecule has 32 heavy (non-hydrogen) atoms. The summed E-state index contributed by atoms with van der Waals surface area (Å²) in [7, 11) is 5.54. The van der Waals surface area contributed by atoms with E-state index in [1.54, 1.807) is 7.11 Å². The second-order valence-electron chi connectivity index (χ2n) is 7.75. The number of anilines is 1. The lowest BCUT2D eigenvalue weighted by Crippen LogP contribution is -2.40. The van der Waals surface area contributed by atoms with Crippen molar-refractivity contribution in [3.8, 4) is 5.75 Å². The number of thioether (sulfide) groups is 1. The summed E-state index contributed by atoms with van der Waals surface area (Å²) in [6.45, 7) is -0.309. The maximum atomic E-state index is 13.2. The van der Waals surface area contributed by atoms with Gasteiger partial charge in [-0.2, -0.15) is 5.10 Å². The fourth-order valence-electron chi connectivity index (χ4n) is 3.69. The highest BCUT2D eigenvalue weighted by Gasteiger charge is 2.37. The van der Waals surface area contributed by atoms with Crippen LogP contribution >= 0.6 is 11.8 Å². The van der Waals surface area contributed by atoms with Crippen molar-refractivity contribution in [1.82, 2.24) is 9.91 Å². The number of rotatable bonds is 6. The number of benzene rings is 2. The molecule has 0 aromatic heterocycles. The molecule has 1 unspecified atom stereocenters. The zero-order valence-electron chi connectivity index (χ0n) is 18.1. The molecule has 2 aromatic carbocycles. The van der Waals surface area contributed by atoms with Crippen molar-refractivity contribution in [3.63, 3.8) is 0 Å². The number of imide groups is 1. The van der Waals surface area contributed by atoms with Crippen LogP contribution in [0.15, 0.2) is 53.6 Å². The van der Waals surface area contributed by atoms with Gasteiger partial charge in [0.1, 0.15) is 12.3 Å². The van der Waals surface area contributed by atoms with Crippen LogP contribution in [0.3, 0.4) is 0 Å². The molecule has 0 spiro atoms. The summed E-state index contributed by atoms with van der Waals surface area (Å²) in [6, 6.07) is 15.1. The number of hydrogen-bond donors (Lipinski definition) is 0. The first-order chi connectivity index (χ1) is 15.4. The van der Waals surface area contributed by atoms with Gasteiger partial charge < -0.3 is 9.64 Å². The highest BCUT2D eigenvalue weighted by atomic mass is 32.2. The van der Waals surface area contributed by atoms with Crippen LogP contribution in [0.25, 0.3) is 0 Å². The normalized spacial score (nSPS) is 18.2. The van der Waals surface area contributed by atoms with E-state index < -0.39 is 5.24 Å². The largest absolute Gasteiger partial charge is 0.497 e. The molecule has 4 rings (SSSR count). The average molecular weight is 453 g/mol. The minimum atomic E-state index is -0.395. The number of methoxy groups -OCH3 is 1. The van der Waals surface area contributed by atoms with E-state index in [1.807, 2.05) is 67.5 Å².